The van der Waals surface area contributed by atoms with Crippen LogP contribution in [0.15, 0.2) is 65.3 Å². The van der Waals surface area contributed by atoms with Crippen LogP contribution in [0, 0.1) is 0 Å². The Morgan fingerprint density at radius 2 is 1.41 bits per heavy atom. The van der Waals surface area contributed by atoms with Gasteiger partial charge in [-0.15, -0.1) is 0 Å². The quantitative estimate of drug-likeness (QED) is 0.936. The fourth-order valence-corrected chi connectivity index (χ4v) is 2.76. The third kappa shape index (κ3) is 2.44. The monoisotopic (exact) mass is 311 g/mol. The molecule has 0 saturated heterocycles. The van der Waals surface area contributed by atoms with Gasteiger partial charge >= 0.3 is 0 Å². The SMILES string of the molecule is CC(NC1=C(Cl)C(=O)c2ccccc2C1=O)c1ccccc1. The number of carbonyl (C=O) groups is 2. The number of benzene rings is 2. The Kier molecular flexibility index (Phi) is 3.82. The highest BCUT2D eigenvalue weighted by molar-refractivity contribution is 6.49. The molecule has 0 saturated carbocycles. The molecule has 0 amide bonds. The number of rotatable bonds is 3. The molecule has 2 aromatic carbocycles. The predicted molar refractivity (Wildman–Crippen MR) is 86.0 cm³/mol. The van der Waals surface area contributed by atoms with E-state index in [0.29, 0.717) is 11.1 Å². The van der Waals surface area contributed by atoms with Crippen LogP contribution in [0.1, 0.15) is 39.2 Å². The van der Waals surface area contributed by atoms with E-state index < -0.39 is 0 Å². The second-order valence-electron chi connectivity index (χ2n) is 5.17. The number of allylic oxidation sites excluding steroid dienone is 2. The van der Waals surface area contributed by atoms with E-state index in [9.17, 15) is 9.59 Å². The van der Waals surface area contributed by atoms with Crippen molar-refractivity contribution in [3.63, 3.8) is 0 Å². The number of hydrogen-bond acceptors (Lipinski definition) is 3. The van der Waals surface area contributed by atoms with Gasteiger partial charge in [-0.1, -0.05) is 66.2 Å². The smallest absolute Gasteiger partial charge is 0.211 e. The average Bonchev–Trinajstić information content (AvgIpc) is 2.57. The van der Waals surface area contributed by atoms with Crippen molar-refractivity contribution in [1.82, 2.24) is 5.32 Å². The van der Waals surface area contributed by atoms with Crippen LogP contribution in [0.2, 0.25) is 0 Å². The molecule has 1 atom stereocenters. The standard InChI is InChI=1S/C18H14ClNO2/c1-11(12-7-3-2-4-8-12)20-16-15(19)17(21)13-9-5-6-10-14(13)18(16)22/h2-11,20H,1H3. The summed E-state index contributed by atoms with van der Waals surface area (Å²) >= 11 is 6.13. The van der Waals surface area contributed by atoms with Crippen molar-refractivity contribution in [3.05, 3.63) is 82.0 Å². The lowest BCUT2D eigenvalue weighted by molar-refractivity contribution is 0.0973. The summed E-state index contributed by atoms with van der Waals surface area (Å²) in [7, 11) is 0. The zero-order valence-corrected chi connectivity index (χ0v) is 12.7. The minimum atomic E-state index is -0.320. The fourth-order valence-electron chi connectivity index (χ4n) is 2.52. The van der Waals surface area contributed by atoms with Gasteiger partial charge in [0.25, 0.3) is 0 Å². The highest BCUT2D eigenvalue weighted by atomic mass is 35.5. The van der Waals surface area contributed by atoms with E-state index >= 15 is 0 Å². The lowest BCUT2D eigenvalue weighted by Crippen LogP contribution is -2.30. The summed E-state index contributed by atoms with van der Waals surface area (Å²) in [5.74, 6) is -0.567. The van der Waals surface area contributed by atoms with Crippen molar-refractivity contribution in [2.45, 2.75) is 13.0 Å². The first-order valence-corrected chi connectivity index (χ1v) is 7.37. The van der Waals surface area contributed by atoms with Crippen LogP contribution in [-0.4, -0.2) is 11.6 Å². The lowest BCUT2D eigenvalue weighted by atomic mass is 9.92. The Balaban J connectivity index is 1.96. The van der Waals surface area contributed by atoms with Gasteiger partial charge < -0.3 is 5.32 Å². The number of fused-ring (bicyclic) bond motifs is 1. The maximum absolute atomic E-state index is 12.6. The summed E-state index contributed by atoms with van der Waals surface area (Å²) in [6.07, 6.45) is 0. The minimum Gasteiger partial charge on any atom is -0.374 e. The van der Waals surface area contributed by atoms with E-state index in [4.69, 9.17) is 11.6 Å². The number of halogens is 1. The van der Waals surface area contributed by atoms with Gasteiger partial charge in [-0.05, 0) is 12.5 Å². The molecule has 0 fully saturated rings. The first-order chi connectivity index (χ1) is 10.6. The maximum Gasteiger partial charge on any atom is 0.211 e. The largest absolute Gasteiger partial charge is 0.374 e. The molecule has 1 aliphatic rings. The van der Waals surface area contributed by atoms with Crippen LogP contribution < -0.4 is 5.32 Å². The van der Waals surface area contributed by atoms with Crippen LogP contribution in [0.4, 0.5) is 0 Å². The third-order valence-electron chi connectivity index (χ3n) is 3.72. The van der Waals surface area contributed by atoms with Gasteiger partial charge in [0, 0.05) is 17.2 Å². The van der Waals surface area contributed by atoms with Crippen molar-refractivity contribution in [3.8, 4) is 0 Å². The fraction of sp³-hybridized carbons (Fsp3) is 0.111. The molecule has 22 heavy (non-hydrogen) atoms. The van der Waals surface area contributed by atoms with E-state index in [1.165, 1.54) is 0 Å². The van der Waals surface area contributed by atoms with Gasteiger partial charge in [-0.3, -0.25) is 9.59 Å². The number of Topliss-reactive ketones (excluding diaryl/α,β-unsaturated/α-hetero) is 2. The maximum atomic E-state index is 12.6. The van der Waals surface area contributed by atoms with E-state index in [-0.39, 0.29) is 28.3 Å². The third-order valence-corrected chi connectivity index (χ3v) is 4.08. The highest BCUT2D eigenvalue weighted by Gasteiger charge is 2.31. The Labute approximate surface area is 133 Å². The van der Waals surface area contributed by atoms with Gasteiger partial charge in [-0.2, -0.15) is 0 Å². The molecule has 3 rings (SSSR count). The van der Waals surface area contributed by atoms with Crippen LogP contribution in [-0.2, 0) is 0 Å². The molecule has 0 spiro atoms. The molecule has 0 aromatic heterocycles. The number of carbonyl (C=O) groups excluding carboxylic acids is 2. The van der Waals surface area contributed by atoms with E-state index in [2.05, 4.69) is 5.32 Å². The van der Waals surface area contributed by atoms with Crippen LogP contribution in [0.3, 0.4) is 0 Å². The first kappa shape index (κ1) is 14.5. The summed E-state index contributed by atoms with van der Waals surface area (Å²) < 4.78 is 0. The van der Waals surface area contributed by atoms with Crippen LogP contribution in [0.25, 0.3) is 0 Å². The van der Waals surface area contributed by atoms with Gasteiger partial charge in [0.2, 0.25) is 11.6 Å². The van der Waals surface area contributed by atoms with Crippen LogP contribution in [0.5, 0.6) is 0 Å². The molecule has 0 radical (unpaired) electrons. The van der Waals surface area contributed by atoms with Gasteiger partial charge in [0.1, 0.15) is 10.7 Å². The summed E-state index contributed by atoms with van der Waals surface area (Å²) in [6.45, 7) is 1.92. The summed E-state index contributed by atoms with van der Waals surface area (Å²) in [5.41, 5.74) is 1.93. The van der Waals surface area contributed by atoms with Crippen molar-refractivity contribution in [2.75, 3.05) is 0 Å². The topological polar surface area (TPSA) is 46.2 Å². The second kappa shape index (κ2) is 5.78. The molecule has 3 nitrogen and oxygen atoms in total. The summed E-state index contributed by atoms with van der Waals surface area (Å²) in [5, 5.41) is 3.03. The van der Waals surface area contributed by atoms with Crippen molar-refractivity contribution >= 4 is 23.2 Å². The normalized spacial score (nSPS) is 15.5. The number of ketones is 2. The minimum absolute atomic E-state index is 0.0496. The first-order valence-electron chi connectivity index (χ1n) is 6.99. The second-order valence-corrected chi connectivity index (χ2v) is 5.55. The molecule has 1 aliphatic carbocycles. The number of nitrogens with one attached hydrogen (secondary N) is 1. The molecule has 0 heterocycles. The summed E-state index contributed by atoms with van der Waals surface area (Å²) in [6, 6.07) is 16.3. The summed E-state index contributed by atoms with van der Waals surface area (Å²) in [4.78, 5) is 24.9. The van der Waals surface area contributed by atoms with Crippen molar-refractivity contribution < 1.29 is 9.59 Å². The highest BCUT2D eigenvalue weighted by Crippen LogP contribution is 2.28. The van der Waals surface area contributed by atoms with E-state index in [1.54, 1.807) is 24.3 Å². The van der Waals surface area contributed by atoms with Crippen molar-refractivity contribution in [1.29, 1.82) is 0 Å². The zero-order chi connectivity index (χ0) is 15.7. The zero-order valence-electron chi connectivity index (χ0n) is 12.0. The Morgan fingerprint density at radius 3 is 2.05 bits per heavy atom. The van der Waals surface area contributed by atoms with Gasteiger partial charge in [0.05, 0.1) is 0 Å². The average molecular weight is 312 g/mol. The Bertz CT molecular complexity index is 781. The Morgan fingerprint density at radius 1 is 0.864 bits per heavy atom. The lowest BCUT2D eigenvalue weighted by Gasteiger charge is -2.22. The molecule has 1 unspecified atom stereocenters. The molecule has 110 valence electrons. The number of hydrogen-bond donors (Lipinski definition) is 1. The molecule has 4 heteroatoms. The molecule has 0 aliphatic heterocycles. The molecule has 1 N–H and O–H groups in total. The molecule has 2 aromatic rings. The van der Waals surface area contributed by atoms with Crippen LogP contribution >= 0.6 is 11.6 Å². The Hall–Kier alpha value is -2.39. The van der Waals surface area contributed by atoms with Crippen molar-refractivity contribution in [2.24, 2.45) is 0 Å². The van der Waals surface area contributed by atoms with E-state index in [1.807, 2.05) is 37.3 Å². The predicted octanol–water partition coefficient (Wildman–Crippen LogP) is 3.87. The molecular weight excluding hydrogens is 298 g/mol. The van der Waals surface area contributed by atoms with E-state index in [0.717, 1.165) is 5.56 Å². The molecule has 0 bridgehead atoms. The van der Waals surface area contributed by atoms with Gasteiger partial charge in [-0.25, -0.2) is 0 Å². The molecular formula is C18H14ClNO2. The van der Waals surface area contributed by atoms with Gasteiger partial charge in [0.15, 0.2) is 0 Å².